The highest BCUT2D eigenvalue weighted by molar-refractivity contribution is 5.97. The molecule has 0 unspecified atom stereocenters. The van der Waals surface area contributed by atoms with Gasteiger partial charge in [0.25, 0.3) is 5.91 Å². The lowest BCUT2D eigenvalue weighted by Gasteiger charge is -2.54. The minimum absolute atomic E-state index is 0.0176. The predicted molar refractivity (Wildman–Crippen MR) is 125 cm³/mol. The number of nitrogens with one attached hydrogen (secondary N) is 1. The van der Waals surface area contributed by atoms with E-state index in [4.69, 9.17) is 9.15 Å². The minimum atomic E-state index is -1.16. The average molecular weight is 469 g/mol. The van der Waals surface area contributed by atoms with Gasteiger partial charge in [0.2, 0.25) is 5.88 Å². The Morgan fingerprint density at radius 3 is 2.74 bits per heavy atom. The summed E-state index contributed by atoms with van der Waals surface area (Å²) in [5.74, 6) is 0.132. The van der Waals surface area contributed by atoms with Gasteiger partial charge in [0.1, 0.15) is 17.4 Å². The number of aromatic hydroxyl groups is 1. The fourth-order valence-electron chi connectivity index (χ4n) is 5.37. The zero-order valence-electron chi connectivity index (χ0n) is 19.8. The van der Waals surface area contributed by atoms with E-state index in [0.29, 0.717) is 28.6 Å². The van der Waals surface area contributed by atoms with Crippen LogP contribution >= 0.6 is 0 Å². The molecule has 0 radical (unpaired) electrons. The van der Waals surface area contributed by atoms with Crippen LogP contribution in [0, 0.1) is 0 Å². The van der Waals surface area contributed by atoms with E-state index in [2.05, 4.69) is 22.4 Å². The average Bonchev–Trinajstić information content (AvgIpc) is 3.19. The minimum Gasteiger partial charge on any atom is -0.507 e. The van der Waals surface area contributed by atoms with Gasteiger partial charge in [-0.15, -0.1) is 10.2 Å². The van der Waals surface area contributed by atoms with E-state index in [9.17, 15) is 9.90 Å². The number of aromatic nitrogens is 2. The zero-order valence-corrected chi connectivity index (χ0v) is 19.8. The molecule has 2 fully saturated rings. The Morgan fingerprint density at radius 2 is 2.03 bits per heavy atom. The molecule has 180 valence electrons. The van der Waals surface area contributed by atoms with Crippen LogP contribution in [0.15, 0.2) is 34.7 Å². The number of nitrogens with zero attached hydrogens (tertiary/aromatic N) is 3. The van der Waals surface area contributed by atoms with Crippen molar-refractivity contribution in [2.24, 2.45) is 0 Å². The molecule has 2 aromatic heterocycles. The number of ether oxygens (including phenoxy) is 1. The van der Waals surface area contributed by atoms with Gasteiger partial charge in [0.05, 0.1) is 11.2 Å². The van der Waals surface area contributed by atoms with Crippen molar-refractivity contribution in [3.8, 4) is 22.9 Å². The number of phenols is 1. The number of hydrogen-bond donors (Lipinski definition) is 2. The first-order valence-electron chi connectivity index (χ1n) is 11.5. The fraction of sp³-hybridized carbons (Fsp3) is 0.480. The first-order valence-corrected chi connectivity index (χ1v) is 11.5. The highest BCUT2D eigenvalue weighted by Gasteiger charge is 2.53. The second-order valence-corrected chi connectivity index (χ2v) is 10.2. The fourth-order valence-corrected chi connectivity index (χ4v) is 5.37. The third kappa shape index (κ3) is 3.87. The van der Waals surface area contributed by atoms with Crippen LogP contribution < -0.4 is 10.1 Å². The number of benzene rings is 1. The Kier molecular flexibility index (Phi) is 5.27. The number of hydrogen-bond acceptors (Lipinski definition) is 7. The molecule has 1 aromatic carbocycles. The molecule has 2 aliphatic heterocycles. The van der Waals surface area contributed by atoms with Gasteiger partial charge in [-0.3, -0.25) is 4.79 Å². The number of phenolic OH excluding ortho intramolecular Hbond substituents is 1. The van der Waals surface area contributed by atoms with Gasteiger partial charge in [-0.2, -0.15) is 0 Å². The van der Waals surface area contributed by atoms with Crippen molar-refractivity contribution >= 4 is 16.9 Å². The Morgan fingerprint density at radius 1 is 1.24 bits per heavy atom. The van der Waals surface area contributed by atoms with Crippen LogP contribution in [-0.4, -0.2) is 63.6 Å². The number of furan rings is 1. The molecule has 2 bridgehead atoms. The zero-order chi connectivity index (χ0) is 24.3. The van der Waals surface area contributed by atoms with Gasteiger partial charge in [-0.05, 0) is 57.4 Å². The summed E-state index contributed by atoms with van der Waals surface area (Å²) in [6.07, 6.45) is 1.53. The molecular formula is C25H29FN4O4. The van der Waals surface area contributed by atoms with E-state index in [1.54, 1.807) is 38.4 Å². The summed E-state index contributed by atoms with van der Waals surface area (Å²) in [4.78, 5) is 13.6. The van der Waals surface area contributed by atoms with Gasteiger partial charge in [-0.25, -0.2) is 4.39 Å². The summed E-state index contributed by atoms with van der Waals surface area (Å²) >= 11 is 0. The van der Waals surface area contributed by atoms with Crippen molar-refractivity contribution in [2.75, 3.05) is 14.1 Å². The number of piperidine rings is 2. The first kappa shape index (κ1) is 22.6. The molecule has 4 atom stereocenters. The van der Waals surface area contributed by atoms with Crippen molar-refractivity contribution in [1.82, 2.24) is 20.4 Å². The van der Waals surface area contributed by atoms with Crippen LogP contribution in [0.4, 0.5) is 4.39 Å². The molecule has 9 heteroatoms. The molecule has 0 aliphatic carbocycles. The number of rotatable bonds is 4. The maximum absolute atomic E-state index is 15.3. The third-order valence-electron chi connectivity index (χ3n) is 7.04. The van der Waals surface area contributed by atoms with E-state index >= 15 is 4.39 Å². The number of carbonyl (C=O) groups is 1. The summed E-state index contributed by atoms with van der Waals surface area (Å²) in [7, 11) is 3.28. The standard InChI is InChI=1S/C25H29FN4O4/c1-24-8-5-9-25(2,29-24)22(26)20(13-24)34-21-7-6-16(27-28-21)15-12-18-14(10-17(15)31)11-19(33-18)23(32)30(3)4/h6-7,10-12,20,22,29,31H,5,8-9,13H2,1-4H3/t20-,22-,24-,25+/m0/s1. The summed E-state index contributed by atoms with van der Waals surface area (Å²) in [5, 5.41) is 23.0. The van der Waals surface area contributed by atoms with Gasteiger partial charge >= 0.3 is 0 Å². The quantitative estimate of drug-likeness (QED) is 0.595. The van der Waals surface area contributed by atoms with Gasteiger partial charge in [0.15, 0.2) is 11.9 Å². The number of alkyl halides is 1. The molecule has 0 spiro atoms. The van der Waals surface area contributed by atoms with Crippen molar-refractivity contribution in [3.05, 3.63) is 36.1 Å². The molecule has 34 heavy (non-hydrogen) atoms. The van der Waals surface area contributed by atoms with Gasteiger partial charge in [0, 0.05) is 43.1 Å². The lowest BCUT2D eigenvalue weighted by atomic mass is 9.69. The first-order chi connectivity index (χ1) is 16.1. The molecule has 2 aliphatic rings. The Balaban J connectivity index is 1.38. The molecular weight excluding hydrogens is 439 g/mol. The predicted octanol–water partition coefficient (Wildman–Crippen LogP) is 4.08. The highest BCUT2D eigenvalue weighted by atomic mass is 19.1. The van der Waals surface area contributed by atoms with E-state index in [1.807, 2.05) is 6.92 Å². The van der Waals surface area contributed by atoms with Crippen LogP contribution in [0.3, 0.4) is 0 Å². The summed E-state index contributed by atoms with van der Waals surface area (Å²) in [6.45, 7) is 4.04. The van der Waals surface area contributed by atoms with E-state index < -0.39 is 17.8 Å². The number of fused-ring (bicyclic) bond motifs is 3. The van der Waals surface area contributed by atoms with Crippen LogP contribution in [-0.2, 0) is 0 Å². The normalized spacial score (nSPS) is 28.6. The maximum Gasteiger partial charge on any atom is 0.289 e. The molecule has 2 saturated heterocycles. The van der Waals surface area contributed by atoms with Crippen LogP contribution in [0.1, 0.15) is 50.1 Å². The molecule has 8 nitrogen and oxygen atoms in total. The lowest BCUT2D eigenvalue weighted by Crippen LogP contribution is -2.71. The highest BCUT2D eigenvalue weighted by Crippen LogP contribution is 2.42. The summed E-state index contributed by atoms with van der Waals surface area (Å²) < 4.78 is 27.0. The van der Waals surface area contributed by atoms with Crippen LogP contribution in [0.2, 0.25) is 0 Å². The molecule has 3 aromatic rings. The van der Waals surface area contributed by atoms with E-state index in [0.717, 1.165) is 19.3 Å². The molecule has 4 heterocycles. The maximum atomic E-state index is 15.3. The topological polar surface area (TPSA) is 101 Å². The van der Waals surface area contributed by atoms with E-state index in [-0.39, 0.29) is 28.8 Å². The lowest BCUT2D eigenvalue weighted by molar-refractivity contribution is -0.0626. The molecule has 5 rings (SSSR count). The van der Waals surface area contributed by atoms with Gasteiger partial charge in [-0.1, -0.05) is 0 Å². The van der Waals surface area contributed by atoms with Crippen molar-refractivity contribution in [3.63, 3.8) is 0 Å². The number of carbonyl (C=O) groups excluding carboxylic acids is 1. The summed E-state index contributed by atoms with van der Waals surface area (Å²) in [6, 6.07) is 8.03. The molecule has 2 N–H and O–H groups in total. The van der Waals surface area contributed by atoms with Crippen molar-refractivity contribution < 1.29 is 23.4 Å². The SMILES string of the molecule is CN(C)C(=O)c1cc2cc(O)c(-c3ccc(O[C@H]4C[C@]5(C)CCC[C@@](C)(N5)[C@H]4F)nn3)cc2o1. The van der Waals surface area contributed by atoms with Crippen molar-refractivity contribution in [1.29, 1.82) is 0 Å². The molecule has 1 amide bonds. The second kappa shape index (κ2) is 7.94. The largest absolute Gasteiger partial charge is 0.507 e. The van der Waals surface area contributed by atoms with Crippen molar-refractivity contribution in [2.45, 2.75) is 62.9 Å². The third-order valence-corrected chi connectivity index (χ3v) is 7.04. The number of halogens is 1. The Bertz CT molecular complexity index is 1240. The smallest absolute Gasteiger partial charge is 0.289 e. The van der Waals surface area contributed by atoms with Crippen LogP contribution in [0.25, 0.3) is 22.2 Å². The van der Waals surface area contributed by atoms with Crippen LogP contribution in [0.5, 0.6) is 11.6 Å². The monoisotopic (exact) mass is 468 g/mol. The molecule has 0 saturated carbocycles. The second-order valence-electron chi connectivity index (χ2n) is 10.2. The van der Waals surface area contributed by atoms with Gasteiger partial charge < -0.3 is 24.5 Å². The Labute approximate surface area is 197 Å². The van der Waals surface area contributed by atoms with E-state index in [1.165, 1.54) is 11.0 Å². The summed E-state index contributed by atoms with van der Waals surface area (Å²) in [5.41, 5.74) is 0.486. The Hall–Kier alpha value is -3.20. The number of amides is 1.